The molecule has 7 heteroatoms. The first-order chi connectivity index (χ1) is 9.43. The third-order valence-corrected chi connectivity index (χ3v) is 5.60. The van der Waals surface area contributed by atoms with Crippen molar-refractivity contribution in [1.29, 1.82) is 0 Å². The molecule has 0 saturated carbocycles. The maximum absolute atomic E-state index is 12.1. The maximum atomic E-state index is 12.1. The minimum absolute atomic E-state index is 0.0353. The van der Waals surface area contributed by atoms with Gasteiger partial charge in [0.15, 0.2) is 0 Å². The highest BCUT2D eigenvalue weighted by Gasteiger charge is 2.36. The summed E-state index contributed by atoms with van der Waals surface area (Å²) in [7, 11) is 1.61. The first-order valence-corrected chi connectivity index (χ1v) is 8.19. The molecule has 0 radical (unpaired) electrons. The highest BCUT2D eigenvalue weighted by Crippen LogP contribution is 2.40. The highest BCUT2D eigenvalue weighted by atomic mass is 32.2. The van der Waals surface area contributed by atoms with Gasteiger partial charge in [-0.1, -0.05) is 11.8 Å². The molecule has 2 rings (SSSR count). The van der Waals surface area contributed by atoms with Crippen molar-refractivity contribution >= 4 is 46.2 Å². The van der Waals surface area contributed by atoms with E-state index in [4.69, 9.17) is 0 Å². The lowest BCUT2D eigenvalue weighted by molar-refractivity contribution is -0.120. The van der Waals surface area contributed by atoms with E-state index in [9.17, 15) is 9.59 Å². The molecule has 0 aromatic heterocycles. The minimum Gasteiger partial charge on any atom is -0.358 e. The van der Waals surface area contributed by atoms with Gasteiger partial charge in [-0.15, -0.1) is 11.8 Å². The van der Waals surface area contributed by atoms with E-state index in [-0.39, 0.29) is 23.0 Å². The van der Waals surface area contributed by atoms with Crippen molar-refractivity contribution < 1.29 is 9.59 Å². The molecular formula is C13H17N3O2S2. The van der Waals surface area contributed by atoms with E-state index in [0.717, 1.165) is 15.5 Å². The fraction of sp³-hybridized carbons (Fsp3) is 0.538. The Kier molecular flexibility index (Phi) is 4.70. The summed E-state index contributed by atoms with van der Waals surface area (Å²) in [5, 5.41) is 3.23. The van der Waals surface area contributed by atoms with Gasteiger partial charge in [-0.05, 0) is 31.2 Å². The van der Waals surface area contributed by atoms with Crippen LogP contribution in [0, 0.1) is 5.92 Å². The summed E-state index contributed by atoms with van der Waals surface area (Å²) in [6, 6.07) is 0. The molecule has 20 heavy (non-hydrogen) atoms. The van der Waals surface area contributed by atoms with Crippen LogP contribution in [0.2, 0.25) is 0 Å². The molecule has 0 aliphatic carbocycles. The molecule has 0 aromatic carbocycles. The van der Waals surface area contributed by atoms with Crippen LogP contribution in [0.3, 0.4) is 0 Å². The number of rotatable bonds is 4. The predicted octanol–water partition coefficient (Wildman–Crippen LogP) is 1.85. The Hall–Kier alpha value is -1.08. The van der Waals surface area contributed by atoms with Gasteiger partial charge in [0.2, 0.25) is 5.91 Å². The molecule has 2 aliphatic heterocycles. The molecule has 5 nitrogen and oxygen atoms in total. The summed E-state index contributed by atoms with van der Waals surface area (Å²) < 4.78 is 0. The summed E-state index contributed by atoms with van der Waals surface area (Å²) in [6.07, 6.45) is 0. The number of nitrogens with one attached hydrogen (secondary N) is 1. The van der Waals surface area contributed by atoms with Crippen LogP contribution in [0.1, 0.15) is 20.8 Å². The maximum Gasteiger partial charge on any atom is 0.261 e. The zero-order valence-corrected chi connectivity index (χ0v) is 13.5. The third-order valence-electron chi connectivity index (χ3n) is 3.30. The van der Waals surface area contributed by atoms with Gasteiger partial charge in [-0.3, -0.25) is 9.59 Å². The number of amidine groups is 1. The Balaban J connectivity index is 2.03. The average molecular weight is 311 g/mol. The Labute approximate surface area is 126 Å². The van der Waals surface area contributed by atoms with Crippen LogP contribution < -0.4 is 5.32 Å². The Morgan fingerprint density at radius 1 is 1.45 bits per heavy atom. The van der Waals surface area contributed by atoms with Crippen LogP contribution >= 0.6 is 23.5 Å². The largest absolute Gasteiger partial charge is 0.358 e. The minimum atomic E-state index is -0.273. The zero-order valence-electron chi connectivity index (χ0n) is 11.9. The Bertz CT molecular complexity index is 552. The average Bonchev–Trinajstić information content (AvgIpc) is 2.70. The van der Waals surface area contributed by atoms with Gasteiger partial charge in [0.05, 0.1) is 16.0 Å². The second kappa shape index (κ2) is 6.13. The zero-order chi connectivity index (χ0) is 14.9. The van der Waals surface area contributed by atoms with E-state index < -0.39 is 0 Å². The van der Waals surface area contributed by atoms with Crippen LogP contribution in [0.15, 0.2) is 20.5 Å². The van der Waals surface area contributed by atoms with Crippen LogP contribution in [0.25, 0.3) is 0 Å². The quantitative estimate of drug-likeness (QED) is 0.860. The number of allylic oxidation sites excluding steroid dienone is 1. The number of thioether (sulfide) groups is 2. The molecule has 0 fully saturated rings. The second-order valence-electron chi connectivity index (χ2n) is 4.66. The van der Waals surface area contributed by atoms with Gasteiger partial charge >= 0.3 is 0 Å². The number of hydrogen-bond acceptors (Lipinski definition) is 5. The lowest BCUT2D eigenvalue weighted by Gasteiger charge is -2.15. The predicted molar refractivity (Wildman–Crippen MR) is 85.3 cm³/mol. The second-order valence-corrected chi connectivity index (χ2v) is 7.22. The topological polar surface area (TPSA) is 70.9 Å². The van der Waals surface area contributed by atoms with Crippen LogP contribution in [0.4, 0.5) is 0 Å². The van der Waals surface area contributed by atoms with E-state index in [1.54, 1.807) is 18.8 Å². The fourth-order valence-electron chi connectivity index (χ4n) is 1.95. The van der Waals surface area contributed by atoms with E-state index >= 15 is 0 Å². The molecule has 2 aliphatic rings. The summed E-state index contributed by atoms with van der Waals surface area (Å²) >= 11 is 2.98. The Morgan fingerprint density at radius 3 is 2.80 bits per heavy atom. The number of carbonyl (C=O) groups is 2. The summed E-state index contributed by atoms with van der Waals surface area (Å²) in [6.45, 7) is 5.78. The number of carbonyl (C=O) groups excluding carboxylic acids is 2. The molecule has 1 N–H and O–H groups in total. The number of hydrogen-bond donors (Lipinski definition) is 1. The van der Waals surface area contributed by atoms with Crippen LogP contribution in [0.5, 0.6) is 0 Å². The Morgan fingerprint density at radius 2 is 2.15 bits per heavy atom. The smallest absolute Gasteiger partial charge is 0.261 e. The lowest BCUT2D eigenvalue weighted by atomic mass is 10.0. The van der Waals surface area contributed by atoms with Gasteiger partial charge < -0.3 is 5.32 Å². The molecule has 0 bridgehead atoms. The van der Waals surface area contributed by atoms with Crippen LogP contribution in [-0.4, -0.2) is 40.7 Å². The van der Waals surface area contributed by atoms with Crippen molar-refractivity contribution in [2.45, 2.75) is 26.0 Å². The van der Waals surface area contributed by atoms with Gasteiger partial charge in [0, 0.05) is 7.05 Å². The summed E-state index contributed by atoms with van der Waals surface area (Å²) in [5.74, 6) is 0.531. The van der Waals surface area contributed by atoms with E-state index in [1.807, 2.05) is 20.8 Å². The molecule has 108 valence electrons. The van der Waals surface area contributed by atoms with Gasteiger partial charge in [-0.2, -0.15) is 4.99 Å². The first kappa shape index (κ1) is 15.3. The fourth-order valence-corrected chi connectivity index (χ4v) is 3.89. The van der Waals surface area contributed by atoms with Gasteiger partial charge in [0.1, 0.15) is 11.8 Å². The van der Waals surface area contributed by atoms with Crippen molar-refractivity contribution in [3.05, 3.63) is 10.5 Å². The van der Waals surface area contributed by atoms with E-state index in [1.165, 1.54) is 11.8 Å². The van der Waals surface area contributed by atoms with Gasteiger partial charge in [0.25, 0.3) is 5.91 Å². The van der Waals surface area contributed by atoms with Crippen molar-refractivity contribution in [1.82, 2.24) is 5.32 Å². The standard InChI is InChI=1S/C13H17N3O2S2/c1-6-7(2)20-13-10(6)12(18)15-9(16-13)5-19-8(3)11(17)14-4/h8,10H,5H2,1-4H3,(H,14,17). The first-order valence-electron chi connectivity index (χ1n) is 6.32. The van der Waals surface area contributed by atoms with Crippen molar-refractivity contribution in [2.75, 3.05) is 12.8 Å². The molecule has 0 saturated heterocycles. The number of aliphatic imine (C=N–C) groups is 2. The molecule has 2 unspecified atom stereocenters. The normalized spacial score (nSPS) is 23.2. The molecule has 2 amide bonds. The van der Waals surface area contributed by atoms with Crippen molar-refractivity contribution in [3.63, 3.8) is 0 Å². The van der Waals surface area contributed by atoms with Gasteiger partial charge in [-0.25, -0.2) is 4.99 Å². The van der Waals surface area contributed by atoms with Crippen molar-refractivity contribution in [3.8, 4) is 0 Å². The summed E-state index contributed by atoms with van der Waals surface area (Å²) in [5.41, 5.74) is 1.05. The molecule has 0 spiro atoms. The molecule has 0 aromatic rings. The van der Waals surface area contributed by atoms with E-state index in [0.29, 0.717) is 11.6 Å². The SMILES string of the molecule is CNC(=O)C(C)SCC1=NC(=O)C2C(=N1)SC(C)=C2C. The monoisotopic (exact) mass is 311 g/mol. The van der Waals surface area contributed by atoms with Crippen molar-refractivity contribution in [2.24, 2.45) is 15.9 Å². The molecular weight excluding hydrogens is 294 g/mol. The summed E-state index contributed by atoms with van der Waals surface area (Å²) in [4.78, 5) is 33.2. The van der Waals surface area contributed by atoms with Crippen LogP contribution in [-0.2, 0) is 9.59 Å². The number of fused-ring (bicyclic) bond motifs is 1. The third kappa shape index (κ3) is 2.98. The molecule has 2 atom stereocenters. The van der Waals surface area contributed by atoms with E-state index in [2.05, 4.69) is 15.3 Å². The number of amides is 2. The number of nitrogens with zero attached hydrogens (tertiary/aromatic N) is 2. The highest BCUT2D eigenvalue weighted by molar-refractivity contribution is 8.17. The lowest BCUT2D eigenvalue weighted by Crippen LogP contribution is -2.29. The molecule has 2 heterocycles.